The fourth-order valence-corrected chi connectivity index (χ4v) is 5.02. The summed E-state index contributed by atoms with van der Waals surface area (Å²) in [6.07, 6.45) is -4.48. The fraction of sp³-hybridized carbons (Fsp3) is 0.105. The number of nitrogens with one attached hydrogen (secondary N) is 1. The Balaban J connectivity index is 1.99. The van der Waals surface area contributed by atoms with E-state index in [0.717, 1.165) is 23.5 Å². The van der Waals surface area contributed by atoms with Crippen LogP contribution in [0.1, 0.15) is 20.8 Å². The lowest BCUT2D eigenvalue weighted by molar-refractivity contribution is -0.137. The van der Waals surface area contributed by atoms with Gasteiger partial charge < -0.3 is 5.11 Å². The minimum atomic E-state index is -4.48. The Labute approximate surface area is 169 Å². The Morgan fingerprint density at radius 3 is 2.28 bits per heavy atom. The van der Waals surface area contributed by atoms with Crippen LogP contribution in [0.2, 0.25) is 0 Å². The standard InChI is InChI=1S/C19H14F3NO4S2/c1-11-4-2-3-5-16(11)29(26,27)23-14-10-15(28-17(14)18(24)25)12-6-8-13(9-7-12)19(20,21)22/h2-10H,1H3,(H2-,23,24,25,26,27)/p+1. The normalized spacial score (nSPS) is 13.7. The van der Waals surface area contributed by atoms with Gasteiger partial charge in [-0.15, -0.1) is 11.3 Å². The highest BCUT2D eigenvalue weighted by atomic mass is 32.3. The van der Waals surface area contributed by atoms with Gasteiger partial charge in [-0.3, -0.25) is 0 Å². The van der Waals surface area contributed by atoms with E-state index in [1.54, 1.807) is 25.1 Å². The lowest BCUT2D eigenvalue weighted by Gasteiger charge is -2.08. The third-order valence-corrected chi connectivity index (χ3v) is 6.79. The van der Waals surface area contributed by atoms with Gasteiger partial charge in [-0.25, -0.2) is 4.79 Å². The second-order valence-corrected chi connectivity index (χ2v) is 8.87. The second-order valence-electron chi connectivity index (χ2n) is 6.13. The van der Waals surface area contributed by atoms with E-state index in [2.05, 4.69) is 4.72 Å². The Bertz CT molecular complexity index is 1110. The summed E-state index contributed by atoms with van der Waals surface area (Å²) in [7, 11) is -3.80. The van der Waals surface area contributed by atoms with Crippen molar-refractivity contribution in [2.45, 2.75) is 18.0 Å². The van der Waals surface area contributed by atoms with Crippen molar-refractivity contribution in [1.82, 2.24) is 0 Å². The molecule has 1 unspecified atom stereocenters. The average Bonchev–Trinajstić information content (AvgIpc) is 3.04. The predicted molar refractivity (Wildman–Crippen MR) is 105 cm³/mol. The molecule has 0 saturated carbocycles. The quantitative estimate of drug-likeness (QED) is 0.436. The summed E-state index contributed by atoms with van der Waals surface area (Å²) >= 11 is 0.794. The maximum absolute atomic E-state index is 12.8. The van der Waals surface area contributed by atoms with Crippen molar-refractivity contribution in [1.29, 1.82) is 0 Å². The molecule has 152 valence electrons. The molecule has 10 heteroatoms. The van der Waals surface area contributed by atoms with E-state index in [-0.39, 0.29) is 15.5 Å². The van der Waals surface area contributed by atoms with Crippen molar-refractivity contribution in [2.75, 3.05) is 4.72 Å². The molecule has 0 radical (unpaired) electrons. The molecule has 1 atom stereocenters. The molecule has 0 aliphatic rings. The van der Waals surface area contributed by atoms with Crippen LogP contribution in [0.4, 0.5) is 18.9 Å². The first kappa shape index (κ1) is 21.0. The van der Waals surface area contributed by atoms with Gasteiger partial charge in [0.15, 0.2) is 0 Å². The molecule has 0 saturated heterocycles. The number of hydrogen-bond donors (Lipinski definition) is 3. The third kappa shape index (κ3) is 4.50. The van der Waals surface area contributed by atoms with Gasteiger partial charge in [0.1, 0.15) is 10.6 Å². The number of aromatic carboxylic acids is 1. The first-order chi connectivity index (χ1) is 13.5. The molecular weight excluding hydrogens is 427 g/mol. The fourth-order valence-electron chi connectivity index (χ4n) is 2.66. The van der Waals surface area contributed by atoms with Gasteiger partial charge in [0.25, 0.3) is 0 Å². The Hall–Kier alpha value is -2.69. The molecule has 1 heterocycles. The number of halogens is 3. The number of alkyl halides is 3. The molecule has 1 aromatic heterocycles. The molecule has 2 aromatic carbocycles. The summed E-state index contributed by atoms with van der Waals surface area (Å²) in [6.45, 7) is 1.65. The van der Waals surface area contributed by atoms with Gasteiger partial charge in [-0.1, -0.05) is 30.3 Å². The molecular formula is C19H15F3NO4S2+. The van der Waals surface area contributed by atoms with Crippen molar-refractivity contribution in [3.05, 3.63) is 70.6 Å². The molecule has 3 rings (SSSR count). The van der Waals surface area contributed by atoms with Crippen LogP contribution < -0.4 is 4.72 Å². The van der Waals surface area contributed by atoms with Crippen molar-refractivity contribution >= 4 is 33.4 Å². The highest BCUT2D eigenvalue weighted by molar-refractivity contribution is 7.99. The molecule has 29 heavy (non-hydrogen) atoms. The first-order valence-electron chi connectivity index (χ1n) is 8.14. The minimum Gasteiger partial charge on any atom is -0.477 e. The van der Waals surface area contributed by atoms with Crippen LogP contribution in [0, 0.1) is 6.92 Å². The maximum Gasteiger partial charge on any atom is 0.416 e. The van der Waals surface area contributed by atoms with Crippen LogP contribution in [0.25, 0.3) is 10.4 Å². The summed E-state index contributed by atoms with van der Waals surface area (Å²) in [5.41, 5.74) is -0.0119. The van der Waals surface area contributed by atoms with Gasteiger partial charge in [0.05, 0.1) is 5.56 Å². The smallest absolute Gasteiger partial charge is 0.416 e. The Morgan fingerprint density at radius 1 is 1.10 bits per heavy atom. The van der Waals surface area contributed by atoms with Crippen molar-refractivity contribution in [3.63, 3.8) is 0 Å². The van der Waals surface area contributed by atoms with E-state index < -0.39 is 28.1 Å². The molecule has 0 spiro atoms. The van der Waals surface area contributed by atoms with Gasteiger partial charge in [-0.2, -0.15) is 22.4 Å². The van der Waals surface area contributed by atoms with Crippen LogP contribution in [0.15, 0.2) is 59.5 Å². The van der Waals surface area contributed by atoms with Crippen LogP contribution in [0.3, 0.4) is 0 Å². The van der Waals surface area contributed by atoms with Gasteiger partial charge in [0.2, 0.25) is 4.90 Å². The number of rotatable bonds is 5. The zero-order valence-electron chi connectivity index (χ0n) is 14.9. The lowest BCUT2D eigenvalue weighted by atomic mass is 10.1. The highest BCUT2D eigenvalue weighted by Crippen LogP contribution is 2.38. The van der Waals surface area contributed by atoms with Crippen LogP contribution in [-0.2, 0) is 20.8 Å². The van der Waals surface area contributed by atoms with Gasteiger partial charge in [-0.05, 0) is 41.0 Å². The zero-order chi connectivity index (χ0) is 21.4. The number of carbonyl (C=O) groups is 1. The van der Waals surface area contributed by atoms with Crippen molar-refractivity contribution in [3.8, 4) is 10.4 Å². The average molecular weight is 442 g/mol. The van der Waals surface area contributed by atoms with Gasteiger partial charge >= 0.3 is 22.5 Å². The molecule has 0 aliphatic heterocycles. The minimum absolute atomic E-state index is 0.0897. The van der Waals surface area contributed by atoms with E-state index >= 15 is 0 Å². The molecule has 0 amide bonds. The van der Waals surface area contributed by atoms with E-state index in [9.17, 15) is 31.8 Å². The van der Waals surface area contributed by atoms with Crippen LogP contribution in [-0.4, -0.2) is 15.6 Å². The molecule has 0 bridgehead atoms. The monoisotopic (exact) mass is 442 g/mol. The highest BCUT2D eigenvalue weighted by Gasteiger charge is 2.34. The van der Waals surface area contributed by atoms with E-state index in [1.807, 2.05) is 0 Å². The summed E-state index contributed by atoms with van der Waals surface area (Å²) < 4.78 is 63.8. The number of carboxylic acid groups (broad SMARTS) is 1. The molecule has 0 fully saturated rings. The summed E-state index contributed by atoms with van der Waals surface area (Å²) in [5, 5.41) is 9.45. The summed E-state index contributed by atoms with van der Waals surface area (Å²) in [6, 6.07) is 12.0. The topological polar surface area (TPSA) is 86.6 Å². The van der Waals surface area contributed by atoms with E-state index in [1.165, 1.54) is 24.3 Å². The maximum atomic E-state index is 12.8. The third-order valence-electron chi connectivity index (χ3n) is 4.06. The molecule has 5 nitrogen and oxygen atoms in total. The number of carboxylic acids is 1. The van der Waals surface area contributed by atoms with Gasteiger partial charge in [0, 0.05) is 10.4 Å². The summed E-state index contributed by atoms with van der Waals surface area (Å²) in [4.78, 5) is 11.8. The SMILES string of the molecule is Cc1ccccc1[S+](=O)(O)Nc1cc(-c2ccc(C(F)(F)F)cc2)sc1C(=O)O. The van der Waals surface area contributed by atoms with E-state index in [0.29, 0.717) is 16.0 Å². The largest absolute Gasteiger partial charge is 0.477 e. The lowest BCUT2D eigenvalue weighted by Crippen LogP contribution is -2.22. The number of aryl methyl sites for hydroxylation is 1. The zero-order valence-corrected chi connectivity index (χ0v) is 16.5. The van der Waals surface area contributed by atoms with E-state index in [4.69, 9.17) is 0 Å². The number of hydrogen-bond acceptors (Lipinski definition) is 3. The second kappa shape index (κ2) is 7.62. The number of benzene rings is 2. The molecule has 0 aliphatic carbocycles. The predicted octanol–water partition coefficient (Wildman–Crippen LogP) is 5.80. The van der Waals surface area contributed by atoms with Crippen molar-refractivity contribution in [2.24, 2.45) is 0 Å². The number of thiophene rings is 1. The first-order valence-corrected chi connectivity index (χ1v) is 10.5. The summed E-state index contributed by atoms with van der Waals surface area (Å²) in [5.74, 6) is -1.32. The van der Waals surface area contributed by atoms with Crippen LogP contribution >= 0.6 is 11.3 Å². The van der Waals surface area contributed by atoms with Crippen molar-refractivity contribution < 1.29 is 31.8 Å². The molecule has 3 aromatic rings. The number of anilines is 1. The molecule has 3 N–H and O–H groups in total. The Kier molecular flexibility index (Phi) is 5.52. The van der Waals surface area contributed by atoms with Crippen LogP contribution in [0.5, 0.6) is 0 Å². The Morgan fingerprint density at radius 2 is 1.72 bits per heavy atom.